The van der Waals surface area contributed by atoms with Gasteiger partial charge in [0.15, 0.2) is 0 Å². The van der Waals surface area contributed by atoms with E-state index >= 15 is 0 Å². The second-order valence-electron chi connectivity index (χ2n) is 5.87. The molecule has 0 aliphatic carbocycles. The van der Waals surface area contributed by atoms with Crippen LogP contribution in [-0.4, -0.2) is 41.5 Å². The van der Waals surface area contributed by atoms with Crippen LogP contribution in [0.4, 0.5) is 0 Å². The maximum atomic E-state index is 11.5. The molecule has 2 fully saturated rings. The minimum Gasteiger partial charge on any atom is -0.374 e. The van der Waals surface area contributed by atoms with E-state index in [1.54, 1.807) is 0 Å². The van der Waals surface area contributed by atoms with Gasteiger partial charge in [-0.3, -0.25) is 9.69 Å². The van der Waals surface area contributed by atoms with Crippen molar-refractivity contribution in [2.24, 2.45) is 0 Å². The van der Waals surface area contributed by atoms with Crippen molar-refractivity contribution in [1.29, 1.82) is 0 Å². The number of ether oxygens (including phenoxy) is 1. The minimum absolute atomic E-state index is 0.0460. The number of hydrogen-bond acceptors (Lipinski definition) is 3. The van der Waals surface area contributed by atoms with Crippen LogP contribution < -0.4 is 0 Å². The van der Waals surface area contributed by atoms with Crippen molar-refractivity contribution in [2.45, 2.75) is 51.2 Å². The summed E-state index contributed by atoms with van der Waals surface area (Å²) < 4.78 is 5.87. The van der Waals surface area contributed by atoms with Crippen molar-refractivity contribution in [1.82, 2.24) is 4.90 Å². The summed E-state index contributed by atoms with van der Waals surface area (Å²) in [5, 5.41) is 0. The fourth-order valence-corrected chi connectivity index (χ4v) is 2.64. The number of Topliss-reactive ketones (excluding diaryl/α,β-unsaturated/α-hetero) is 1. The van der Waals surface area contributed by atoms with Gasteiger partial charge in [-0.1, -0.05) is 0 Å². The van der Waals surface area contributed by atoms with Gasteiger partial charge in [-0.25, -0.2) is 0 Å². The molecule has 15 heavy (non-hydrogen) atoms. The Balaban J connectivity index is 2.02. The highest BCUT2D eigenvalue weighted by Crippen LogP contribution is 2.38. The summed E-state index contributed by atoms with van der Waals surface area (Å²) >= 11 is 0. The molecule has 0 aromatic carbocycles. The summed E-state index contributed by atoms with van der Waals surface area (Å²) in [6, 6.07) is 0. The lowest BCUT2D eigenvalue weighted by Gasteiger charge is -2.34. The van der Waals surface area contributed by atoms with Gasteiger partial charge in [0.2, 0.25) is 0 Å². The lowest BCUT2D eigenvalue weighted by atomic mass is 9.94. The third kappa shape index (κ3) is 2.23. The first-order valence-corrected chi connectivity index (χ1v) is 5.82. The summed E-state index contributed by atoms with van der Waals surface area (Å²) in [4.78, 5) is 13.8. The van der Waals surface area contributed by atoms with Gasteiger partial charge in [0.05, 0.1) is 24.3 Å². The number of carbonyl (C=O) groups excluding carboxylic acids is 1. The van der Waals surface area contributed by atoms with Crippen LogP contribution >= 0.6 is 0 Å². The van der Waals surface area contributed by atoms with Crippen molar-refractivity contribution in [3.63, 3.8) is 0 Å². The van der Waals surface area contributed by atoms with Gasteiger partial charge in [-0.2, -0.15) is 0 Å². The quantitative estimate of drug-likeness (QED) is 0.695. The molecule has 86 valence electrons. The van der Waals surface area contributed by atoms with E-state index in [4.69, 9.17) is 4.74 Å². The van der Waals surface area contributed by atoms with Crippen molar-refractivity contribution < 1.29 is 9.53 Å². The van der Waals surface area contributed by atoms with Gasteiger partial charge in [-0.15, -0.1) is 0 Å². The summed E-state index contributed by atoms with van der Waals surface area (Å²) in [6.45, 7) is 8.63. The molecule has 0 saturated carbocycles. The Hall–Kier alpha value is -0.410. The first-order chi connectivity index (χ1) is 6.91. The van der Waals surface area contributed by atoms with Crippen LogP contribution in [0.1, 0.15) is 40.0 Å². The summed E-state index contributed by atoms with van der Waals surface area (Å²) in [7, 11) is 0. The highest BCUT2D eigenvalue weighted by Gasteiger charge is 2.48. The van der Waals surface area contributed by atoms with Gasteiger partial charge >= 0.3 is 0 Å². The largest absolute Gasteiger partial charge is 0.374 e. The van der Waals surface area contributed by atoms with Crippen LogP contribution in [-0.2, 0) is 9.53 Å². The second-order valence-corrected chi connectivity index (χ2v) is 5.87. The van der Waals surface area contributed by atoms with Gasteiger partial charge in [0, 0.05) is 6.42 Å². The fraction of sp³-hybridized carbons (Fsp3) is 0.917. The smallest absolute Gasteiger partial charge is 0.148 e. The number of ketones is 1. The van der Waals surface area contributed by atoms with Gasteiger partial charge in [0.1, 0.15) is 5.78 Å². The number of fused-ring (bicyclic) bond motifs is 1. The van der Waals surface area contributed by atoms with Crippen molar-refractivity contribution in [2.75, 3.05) is 19.7 Å². The zero-order valence-electron chi connectivity index (χ0n) is 10.0. The van der Waals surface area contributed by atoms with E-state index < -0.39 is 0 Å². The standard InChI is InChI=1S/C12H21NO2/c1-11(2,3)15-9-12-5-4-6-13(12)8-10(14)7-12/h4-9H2,1-3H3. The Morgan fingerprint density at radius 3 is 2.87 bits per heavy atom. The summed E-state index contributed by atoms with van der Waals surface area (Å²) in [6.07, 6.45) is 3.03. The van der Waals surface area contributed by atoms with Crippen LogP contribution in [0.25, 0.3) is 0 Å². The van der Waals surface area contributed by atoms with E-state index in [-0.39, 0.29) is 11.1 Å². The molecule has 0 bridgehead atoms. The third-order valence-corrected chi connectivity index (χ3v) is 3.41. The lowest BCUT2D eigenvalue weighted by Crippen LogP contribution is -2.44. The second kappa shape index (κ2) is 3.56. The molecule has 0 N–H and O–H groups in total. The van der Waals surface area contributed by atoms with E-state index in [2.05, 4.69) is 25.7 Å². The molecule has 2 saturated heterocycles. The Bertz CT molecular complexity index is 269. The van der Waals surface area contributed by atoms with E-state index in [9.17, 15) is 4.79 Å². The molecule has 2 aliphatic rings. The first-order valence-electron chi connectivity index (χ1n) is 5.82. The maximum absolute atomic E-state index is 11.5. The fourth-order valence-electron chi connectivity index (χ4n) is 2.64. The number of rotatable bonds is 2. The van der Waals surface area contributed by atoms with Crippen LogP contribution in [0, 0.1) is 0 Å². The maximum Gasteiger partial charge on any atom is 0.148 e. The molecule has 2 aliphatic heterocycles. The number of hydrogen-bond donors (Lipinski definition) is 0. The Morgan fingerprint density at radius 1 is 1.47 bits per heavy atom. The predicted molar refractivity (Wildman–Crippen MR) is 58.9 cm³/mol. The Labute approximate surface area is 91.8 Å². The summed E-state index contributed by atoms with van der Waals surface area (Å²) in [5.41, 5.74) is -0.0565. The van der Waals surface area contributed by atoms with Crippen LogP contribution in [0.3, 0.4) is 0 Å². The molecule has 2 heterocycles. The van der Waals surface area contributed by atoms with Gasteiger partial charge in [0.25, 0.3) is 0 Å². The molecular weight excluding hydrogens is 190 g/mol. The zero-order valence-corrected chi connectivity index (χ0v) is 10.0. The molecule has 0 aromatic heterocycles. The lowest BCUT2D eigenvalue weighted by molar-refractivity contribution is -0.117. The molecule has 1 unspecified atom stereocenters. The van der Waals surface area contributed by atoms with Crippen LogP contribution in [0.15, 0.2) is 0 Å². The molecular formula is C12H21NO2. The number of carbonyl (C=O) groups is 1. The minimum atomic E-state index is -0.103. The van der Waals surface area contributed by atoms with Gasteiger partial charge < -0.3 is 4.74 Å². The van der Waals surface area contributed by atoms with E-state index in [1.807, 2.05) is 0 Å². The molecule has 0 amide bonds. The molecule has 3 nitrogen and oxygen atoms in total. The van der Waals surface area contributed by atoms with Crippen LogP contribution in [0.5, 0.6) is 0 Å². The summed E-state index contributed by atoms with van der Waals surface area (Å²) in [5.74, 6) is 0.382. The predicted octanol–water partition coefficient (Wildman–Crippen LogP) is 1.61. The average molecular weight is 211 g/mol. The third-order valence-electron chi connectivity index (χ3n) is 3.41. The van der Waals surface area contributed by atoms with Crippen molar-refractivity contribution >= 4 is 5.78 Å². The molecule has 0 spiro atoms. The zero-order chi connectivity index (χ0) is 11.1. The van der Waals surface area contributed by atoms with Crippen LogP contribution in [0.2, 0.25) is 0 Å². The van der Waals surface area contributed by atoms with E-state index in [1.165, 1.54) is 6.42 Å². The topological polar surface area (TPSA) is 29.5 Å². The van der Waals surface area contributed by atoms with E-state index in [0.29, 0.717) is 25.4 Å². The molecule has 0 aromatic rings. The van der Waals surface area contributed by atoms with Crippen molar-refractivity contribution in [3.8, 4) is 0 Å². The Kier molecular flexibility index (Phi) is 2.63. The average Bonchev–Trinajstić information content (AvgIpc) is 2.55. The van der Waals surface area contributed by atoms with Crippen molar-refractivity contribution in [3.05, 3.63) is 0 Å². The highest BCUT2D eigenvalue weighted by atomic mass is 16.5. The molecule has 3 heteroatoms. The monoisotopic (exact) mass is 211 g/mol. The molecule has 0 radical (unpaired) electrons. The highest BCUT2D eigenvalue weighted by molar-refractivity contribution is 5.84. The van der Waals surface area contributed by atoms with E-state index in [0.717, 1.165) is 13.0 Å². The van der Waals surface area contributed by atoms with Gasteiger partial charge in [-0.05, 0) is 40.2 Å². The SMILES string of the molecule is CC(C)(C)OCC12CCCN1CC(=O)C2. The Morgan fingerprint density at radius 2 is 2.20 bits per heavy atom. The molecule has 1 atom stereocenters. The first kappa shape index (κ1) is 11.1. The normalized spacial score (nSPS) is 32.3. The number of nitrogens with zero attached hydrogens (tertiary/aromatic N) is 1. The molecule has 2 rings (SSSR count).